The van der Waals surface area contributed by atoms with Crippen molar-refractivity contribution in [1.82, 2.24) is 0 Å². The first-order chi connectivity index (χ1) is 9.72. The third-order valence-electron chi connectivity index (χ3n) is 2.35. The van der Waals surface area contributed by atoms with Gasteiger partial charge in [-0.1, -0.05) is 48.5 Å². The summed E-state index contributed by atoms with van der Waals surface area (Å²) in [6.45, 7) is 0.0205. The molecule has 6 heteroatoms. The highest BCUT2D eigenvalue weighted by Gasteiger charge is 2.30. The molecule has 0 bridgehead atoms. The lowest BCUT2D eigenvalue weighted by Gasteiger charge is -2.14. The Hall–Kier alpha value is -2.28. The van der Waals surface area contributed by atoms with E-state index in [4.69, 9.17) is 14.3 Å². The number of phosphoric acid groups is 1. The minimum Gasteiger partial charge on any atom is -0.395 e. The molecule has 0 aliphatic heterocycles. The van der Waals surface area contributed by atoms with Crippen molar-refractivity contribution in [3.05, 3.63) is 66.2 Å². The molecule has 1 unspecified atom stereocenters. The van der Waals surface area contributed by atoms with Crippen LogP contribution in [-0.2, 0) is 20.2 Å². The van der Waals surface area contributed by atoms with E-state index < -0.39 is 7.82 Å². The van der Waals surface area contributed by atoms with Gasteiger partial charge in [0.1, 0.15) is 5.75 Å². The molecule has 0 spiro atoms. The molecule has 1 atom stereocenters. The number of rotatable bonds is 6. The number of nitriles is 1. The zero-order chi connectivity index (χ0) is 14.3. The first-order valence-corrected chi connectivity index (χ1v) is 7.29. The van der Waals surface area contributed by atoms with Gasteiger partial charge < -0.3 is 9.05 Å². The molecular weight excluding hydrogens is 277 g/mol. The van der Waals surface area contributed by atoms with Crippen molar-refractivity contribution in [3.8, 4) is 12.0 Å². The van der Waals surface area contributed by atoms with E-state index in [1.165, 1.54) is 6.26 Å². The maximum atomic E-state index is 12.3. The van der Waals surface area contributed by atoms with Crippen LogP contribution < -0.4 is 4.52 Å². The van der Waals surface area contributed by atoms with Gasteiger partial charge in [-0.25, -0.2) is 4.57 Å². The second-order valence-corrected chi connectivity index (χ2v) is 5.31. The van der Waals surface area contributed by atoms with E-state index in [0.717, 1.165) is 5.56 Å². The summed E-state index contributed by atoms with van der Waals surface area (Å²) in [7, 11) is -3.97. The largest absolute Gasteiger partial charge is 0.597 e. The Balaban J connectivity index is 2.06. The smallest absolute Gasteiger partial charge is 0.395 e. The molecule has 0 aliphatic rings. The van der Waals surface area contributed by atoms with Crippen LogP contribution in [0.15, 0.2) is 60.7 Å². The summed E-state index contributed by atoms with van der Waals surface area (Å²) < 4.78 is 27.0. The molecule has 2 rings (SSSR count). The number of hydrogen-bond donors (Lipinski definition) is 0. The zero-order valence-electron chi connectivity index (χ0n) is 10.5. The van der Waals surface area contributed by atoms with Crippen LogP contribution in [0.3, 0.4) is 0 Å². The van der Waals surface area contributed by atoms with E-state index in [1.807, 2.05) is 18.2 Å². The molecule has 0 fully saturated rings. The van der Waals surface area contributed by atoms with Gasteiger partial charge in [-0.2, -0.15) is 0 Å². The normalized spacial score (nSPS) is 12.9. The Morgan fingerprint density at radius 3 is 2.20 bits per heavy atom. The van der Waals surface area contributed by atoms with Gasteiger partial charge in [0, 0.05) is 0 Å². The van der Waals surface area contributed by atoms with Crippen molar-refractivity contribution < 1.29 is 18.1 Å². The van der Waals surface area contributed by atoms with Gasteiger partial charge in [-0.15, -0.1) is 5.26 Å². The Morgan fingerprint density at radius 2 is 1.60 bits per heavy atom. The van der Waals surface area contributed by atoms with Crippen molar-refractivity contribution in [2.45, 2.75) is 6.61 Å². The van der Waals surface area contributed by atoms with E-state index in [-0.39, 0.29) is 6.61 Å². The van der Waals surface area contributed by atoms with Gasteiger partial charge in [0.25, 0.3) is 6.26 Å². The summed E-state index contributed by atoms with van der Waals surface area (Å²) in [6, 6.07) is 17.5. The van der Waals surface area contributed by atoms with E-state index in [9.17, 15) is 4.57 Å². The maximum absolute atomic E-state index is 12.3. The molecule has 0 aliphatic carbocycles. The van der Waals surface area contributed by atoms with Gasteiger partial charge in [-0.3, -0.25) is 4.52 Å². The van der Waals surface area contributed by atoms with E-state index in [1.54, 1.807) is 42.5 Å². The van der Waals surface area contributed by atoms with E-state index >= 15 is 0 Å². The van der Waals surface area contributed by atoms with E-state index in [0.29, 0.717) is 5.75 Å². The lowest BCUT2D eigenvalue weighted by atomic mass is 10.2. The zero-order valence-corrected chi connectivity index (χ0v) is 11.4. The van der Waals surface area contributed by atoms with Gasteiger partial charge in [0.2, 0.25) is 0 Å². The van der Waals surface area contributed by atoms with Crippen molar-refractivity contribution in [2.75, 3.05) is 0 Å². The standard InChI is InChI=1S/C14H12NO4P/c15-12-18-20(16,19-14-9-5-2-6-10-14)17-11-13-7-3-1-4-8-13/h1-10H,11H2. The minimum absolute atomic E-state index is 0.0205. The lowest BCUT2D eigenvalue weighted by molar-refractivity contribution is 0.191. The Morgan fingerprint density at radius 1 is 1.00 bits per heavy atom. The molecule has 20 heavy (non-hydrogen) atoms. The van der Waals surface area contributed by atoms with Crippen LogP contribution in [0.4, 0.5) is 0 Å². The fraction of sp³-hybridized carbons (Fsp3) is 0.0714. The molecule has 0 heterocycles. The summed E-state index contributed by atoms with van der Waals surface area (Å²) >= 11 is 0. The molecule has 2 aromatic carbocycles. The number of benzene rings is 2. The van der Waals surface area contributed by atoms with Gasteiger partial charge >= 0.3 is 7.82 Å². The lowest BCUT2D eigenvalue weighted by Crippen LogP contribution is -2.00. The highest BCUT2D eigenvalue weighted by atomic mass is 31.2. The van der Waals surface area contributed by atoms with Crippen LogP contribution >= 0.6 is 7.82 Å². The monoisotopic (exact) mass is 289 g/mol. The molecule has 5 nitrogen and oxygen atoms in total. The quantitative estimate of drug-likeness (QED) is 0.596. The predicted molar refractivity (Wildman–Crippen MR) is 72.6 cm³/mol. The minimum atomic E-state index is -3.97. The average molecular weight is 289 g/mol. The topological polar surface area (TPSA) is 68.5 Å². The molecular formula is C14H12NO4P. The van der Waals surface area contributed by atoms with Crippen LogP contribution in [-0.4, -0.2) is 0 Å². The van der Waals surface area contributed by atoms with Crippen molar-refractivity contribution in [3.63, 3.8) is 0 Å². The maximum Gasteiger partial charge on any atom is 0.597 e. The fourth-order valence-corrected chi connectivity index (χ4v) is 2.39. The Labute approximate surface area is 117 Å². The number of phosphoric ester groups is 1. The van der Waals surface area contributed by atoms with Crippen molar-refractivity contribution >= 4 is 7.82 Å². The summed E-state index contributed by atoms with van der Waals surface area (Å²) in [5.74, 6) is 0.305. The molecule has 0 N–H and O–H groups in total. The highest BCUT2D eigenvalue weighted by molar-refractivity contribution is 7.49. The second-order valence-electron chi connectivity index (χ2n) is 3.79. The van der Waals surface area contributed by atoms with Crippen LogP contribution in [0.1, 0.15) is 5.56 Å². The van der Waals surface area contributed by atoms with Crippen LogP contribution in [0.25, 0.3) is 0 Å². The van der Waals surface area contributed by atoms with Crippen molar-refractivity contribution in [2.24, 2.45) is 0 Å². The Bertz CT molecular complexity index is 625. The first-order valence-electron chi connectivity index (χ1n) is 5.83. The summed E-state index contributed by atoms with van der Waals surface area (Å²) in [6.07, 6.45) is 1.35. The van der Waals surface area contributed by atoms with E-state index in [2.05, 4.69) is 4.52 Å². The molecule has 0 radical (unpaired) electrons. The summed E-state index contributed by atoms with van der Waals surface area (Å²) in [5, 5.41) is 8.57. The fourth-order valence-electron chi connectivity index (χ4n) is 1.46. The average Bonchev–Trinajstić information content (AvgIpc) is 2.48. The van der Waals surface area contributed by atoms with Crippen LogP contribution in [0, 0.1) is 11.5 Å². The number of para-hydroxylation sites is 1. The Kier molecular flexibility index (Phi) is 4.78. The first kappa shape index (κ1) is 14.1. The summed E-state index contributed by atoms with van der Waals surface area (Å²) in [5.41, 5.74) is 0.797. The molecule has 102 valence electrons. The molecule has 0 aromatic heterocycles. The van der Waals surface area contributed by atoms with Gasteiger partial charge in [0.05, 0.1) is 6.61 Å². The SMILES string of the molecule is N#COP(=O)(OCc1ccccc1)Oc1ccccc1. The number of hydrogen-bond acceptors (Lipinski definition) is 5. The number of nitrogens with zero attached hydrogens (tertiary/aromatic N) is 1. The van der Waals surface area contributed by atoms with Crippen molar-refractivity contribution in [1.29, 1.82) is 5.26 Å². The second kappa shape index (κ2) is 6.76. The molecule has 0 saturated heterocycles. The molecule has 2 aromatic rings. The third kappa shape index (κ3) is 4.13. The predicted octanol–water partition coefficient (Wildman–Crippen LogP) is 3.89. The summed E-state index contributed by atoms with van der Waals surface area (Å²) in [4.78, 5) is 0. The molecule has 0 saturated carbocycles. The van der Waals surface area contributed by atoms with Crippen LogP contribution in [0.5, 0.6) is 5.75 Å². The molecule has 0 amide bonds. The van der Waals surface area contributed by atoms with Gasteiger partial charge in [0.15, 0.2) is 0 Å². The third-order valence-corrected chi connectivity index (χ3v) is 3.53. The highest BCUT2D eigenvalue weighted by Crippen LogP contribution is 2.49. The van der Waals surface area contributed by atoms with Gasteiger partial charge in [-0.05, 0) is 17.7 Å². The van der Waals surface area contributed by atoms with Crippen LogP contribution in [0.2, 0.25) is 0 Å².